The van der Waals surface area contributed by atoms with Gasteiger partial charge in [-0.15, -0.1) is 0 Å². The molecule has 0 unspecified atom stereocenters. The Hall–Kier alpha value is -2.26. The zero-order valence-corrected chi connectivity index (χ0v) is 14.2. The molecular weight excluding hydrogens is 383 g/mol. The van der Waals surface area contributed by atoms with Crippen LogP contribution in [0, 0.1) is 17.5 Å². The number of carbonyl (C=O) groups is 1. The fourth-order valence-corrected chi connectivity index (χ4v) is 2.44. The maximum Gasteiger partial charge on any atom is 0.267 e. The van der Waals surface area contributed by atoms with Crippen molar-refractivity contribution in [2.45, 2.75) is 6.61 Å². The molecule has 1 amide bonds. The highest BCUT2D eigenvalue weighted by atomic mass is 35.5. The molecule has 10 heteroatoms. The number of carbonyl (C=O) groups excluding carboxylic acids is 1. The molecule has 0 radical (unpaired) electrons. The highest BCUT2D eigenvalue weighted by molar-refractivity contribution is 7.89. The summed E-state index contributed by atoms with van der Waals surface area (Å²) >= 11 is 5.58. The molecule has 0 aliphatic carbocycles. The second-order valence-electron chi connectivity index (χ2n) is 4.99. The maximum absolute atomic E-state index is 14.0. The van der Waals surface area contributed by atoms with Crippen LogP contribution in [-0.4, -0.2) is 20.6 Å². The van der Waals surface area contributed by atoms with Gasteiger partial charge in [0.25, 0.3) is 5.91 Å². The molecule has 0 atom stereocenters. The first-order valence-electron chi connectivity index (χ1n) is 6.64. The maximum atomic E-state index is 14.0. The van der Waals surface area contributed by atoms with E-state index in [4.69, 9.17) is 16.3 Å². The Morgan fingerprint density at radius 1 is 1.12 bits per heavy atom. The first kappa shape index (κ1) is 19.1. The van der Waals surface area contributed by atoms with E-state index in [1.807, 2.05) is 0 Å². The smallest absolute Gasteiger partial charge is 0.267 e. The largest absolute Gasteiger partial charge is 0.489 e. The lowest BCUT2D eigenvalue weighted by Gasteiger charge is -2.10. The summed E-state index contributed by atoms with van der Waals surface area (Å²) in [6.45, 7) is -0.418. The summed E-state index contributed by atoms with van der Waals surface area (Å²) in [6, 6.07) is 4.74. The Bertz CT molecular complexity index is 935. The van der Waals surface area contributed by atoms with E-state index >= 15 is 0 Å². The number of sulfonamides is 1. The van der Waals surface area contributed by atoms with E-state index in [1.54, 1.807) is 0 Å². The van der Waals surface area contributed by atoms with Crippen molar-refractivity contribution in [2.24, 2.45) is 0 Å². The Kier molecular flexibility index (Phi) is 5.58. The van der Waals surface area contributed by atoms with Crippen molar-refractivity contribution in [1.82, 2.24) is 4.72 Å². The third-order valence-electron chi connectivity index (χ3n) is 2.94. The van der Waals surface area contributed by atoms with Crippen LogP contribution >= 0.6 is 11.6 Å². The van der Waals surface area contributed by atoms with Gasteiger partial charge in [-0.05, 0) is 24.3 Å². The number of ether oxygens (including phenoxy) is 1. The molecule has 0 spiro atoms. The van der Waals surface area contributed by atoms with Gasteiger partial charge in [-0.3, -0.25) is 4.79 Å². The number of rotatable bonds is 5. The summed E-state index contributed by atoms with van der Waals surface area (Å²) in [7, 11) is -3.92. The monoisotopic (exact) mass is 393 g/mol. The van der Waals surface area contributed by atoms with Crippen LogP contribution in [0.25, 0.3) is 0 Å². The van der Waals surface area contributed by atoms with Crippen molar-refractivity contribution >= 4 is 27.5 Å². The van der Waals surface area contributed by atoms with Gasteiger partial charge in [0.1, 0.15) is 29.8 Å². The molecule has 2 aromatic rings. The lowest BCUT2D eigenvalue weighted by Crippen LogP contribution is -2.30. The molecule has 0 heterocycles. The Morgan fingerprint density at radius 3 is 2.40 bits per heavy atom. The molecule has 134 valence electrons. The quantitative estimate of drug-likeness (QED) is 0.847. The van der Waals surface area contributed by atoms with Crippen LogP contribution in [-0.2, 0) is 16.6 Å². The zero-order chi connectivity index (χ0) is 18.8. The molecule has 0 aromatic heterocycles. The topological polar surface area (TPSA) is 72.5 Å². The summed E-state index contributed by atoms with van der Waals surface area (Å²) in [5.74, 6) is -3.93. The van der Waals surface area contributed by atoms with E-state index in [-0.39, 0.29) is 16.3 Å². The van der Waals surface area contributed by atoms with E-state index in [1.165, 1.54) is 16.9 Å². The van der Waals surface area contributed by atoms with Gasteiger partial charge in [-0.1, -0.05) is 11.6 Å². The molecular formula is C15H11ClF3NO4S. The van der Waals surface area contributed by atoms with Gasteiger partial charge in [0.15, 0.2) is 0 Å². The number of hydrogen-bond acceptors (Lipinski definition) is 4. The van der Waals surface area contributed by atoms with Gasteiger partial charge in [0.05, 0.1) is 16.8 Å². The number of benzene rings is 2. The van der Waals surface area contributed by atoms with Crippen LogP contribution < -0.4 is 9.46 Å². The summed E-state index contributed by atoms with van der Waals surface area (Å²) in [5, 5.41) is -0.197. The molecule has 2 rings (SSSR count). The summed E-state index contributed by atoms with van der Waals surface area (Å²) in [4.78, 5) is 11.6. The average Bonchev–Trinajstić information content (AvgIpc) is 2.49. The van der Waals surface area contributed by atoms with Gasteiger partial charge in [-0.2, -0.15) is 0 Å². The fraction of sp³-hybridized carbons (Fsp3) is 0.133. The molecule has 5 nitrogen and oxygen atoms in total. The van der Waals surface area contributed by atoms with E-state index < -0.39 is 45.6 Å². The predicted octanol–water partition coefficient (Wildman–Crippen LogP) is 3.03. The second-order valence-corrected chi connectivity index (χ2v) is 7.15. The van der Waals surface area contributed by atoms with Crippen LogP contribution in [0.3, 0.4) is 0 Å². The highest BCUT2D eigenvalue weighted by Crippen LogP contribution is 2.23. The average molecular weight is 394 g/mol. The van der Waals surface area contributed by atoms with Gasteiger partial charge < -0.3 is 4.74 Å². The van der Waals surface area contributed by atoms with Gasteiger partial charge in [0.2, 0.25) is 10.0 Å². The Morgan fingerprint density at radius 2 is 1.80 bits per heavy atom. The molecule has 0 saturated heterocycles. The molecule has 0 fully saturated rings. The van der Waals surface area contributed by atoms with Gasteiger partial charge in [-0.25, -0.2) is 26.3 Å². The van der Waals surface area contributed by atoms with Crippen molar-refractivity contribution in [3.63, 3.8) is 0 Å². The zero-order valence-electron chi connectivity index (χ0n) is 12.6. The van der Waals surface area contributed by atoms with Crippen molar-refractivity contribution < 1.29 is 31.1 Å². The molecule has 1 N–H and O–H groups in total. The number of amides is 1. The van der Waals surface area contributed by atoms with Crippen molar-refractivity contribution in [3.05, 3.63) is 63.9 Å². The van der Waals surface area contributed by atoms with Crippen molar-refractivity contribution in [3.8, 4) is 5.75 Å². The SMILES string of the molecule is CS(=O)(=O)NC(=O)c1cc(F)c(COc2ccc(F)c(Cl)c2)cc1F. The Labute approximate surface area is 146 Å². The van der Waals surface area contributed by atoms with Gasteiger partial charge in [0, 0.05) is 11.6 Å². The van der Waals surface area contributed by atoms with E-state index in [9.17, 15) is 26.4 Å². The molecule has 2 aromatic carbocycles. The molecule has 0 saturated carbocycles. The van der Waals surface area contributed by atoms with Crippen LogP contribution in [0.4, 0.5) is 13.2 Å². The third-order valence-corrected chi connectivity index (χ3v) is 3.79. The molecule has 0 bridgehead atoms. The normalized spacial score (nSPS) is 11.2. The fourth-order valence-electron chi connectivity index (χ4n) is 1.82. The lowest BCUT2D eigenvalue weighted by molar-refractivity contribution is 0.0977. The molecule has 0 aliphatic rings. The molecule has 25 heavy (non-hydrogen) atoms. The standard InChI is InChI=1S/C15H11ClF3NO4S/c1-25(22,23)20-15(21)10-6-13(18)8(4-14(10)19)7-24-9-2-3-12(17)11(16)5-9/h2-6H,7H2,1H3,(H,20,21). The van der Waals surface area contributed by atoms with Crippen LogP contribution in [0.2, 0.25) is 5.02 Å². The second kappa shape index (κ2) is 7.32. The number of halogens is 4. The van der Waals surface area contributed by atoms with E-state index in [0.717, 1.165) is 6.07 Å². The summed E-state index contributed by atoms with van der Waals surface area (Å²) < 4.78 is 69.7. The third kappa shape index (κ3) is 5.10. The van der Waals surface area contributed by atoms with E-state index in [0.29, 0.717) is 18.4 Å². The van der Waals surface area contributed by atoms with Crippen LogP contribution in [0.5, 0.6) is 5.75 Å². The van der Waals surface area contributed by atoms with Crippen molar-refractivity contribution in [1.29, 1.82) is 0 Å². The van der Waals surface area contributed by atoms with Crippen molar-refractivity contribution in [2.75, 3.05) is 6.26 Å². The first-order valence-corrected chi connectivity index (χ1v) is 8.91. The predicted molar refractivity (Wildman–Crippen MR) is 84.4 cm³/mol. The minimum absolute atomic E-state index is 0.130. The summed E-state index contributed by atoms with van der Waals surface area (Å²) in [5.41, 5.74) is -0.995. The van der Waals surface area contributed by atoms with Crippen LogP contribution in [0.15, 0.2) is 30.3 Å². The van der Waals surface area contributed by atoms with Crippen LogP contribution in [0.1, 0.15) is 15.9 Å². The minimum atomic E-state index is -3.92. The number of hydrogen-bond donors (Lipinski definition) is 1. The first-order chi connectivity index (χ1) is 11.6. The minimum Gasteiger partial charge on any atom is -0.489 e. The number of nitrogens with one attached hydrogen (secondary N) is 1. The lowest BCUT2D eigenvalue weighted by atomic mass is 10.1. The highest BCUT2D eigenvalue weighted by Gasteiger charge is 2.19. The Balaban J connectivity index is 2.19. The van der Waals surface area contributed by atoms with E-state index in [2.05, 4.69) is 0 Å². The molecule has 0 aliphatic heterocycles. The summed E-state index contributed by atoms with van der Waals surface area (Å²) in [6.07, 6.45) is 0.704. The van der Waals surface area contributed by atoms with Gasteiger partial charge >= 0.3 is 0 Å².